The number of carbonyl (C=O) groups excluding carboxylic acids is 1. The van der Waals surface area contributed by atoms with Crippen LogP contribution in [-0.4, -0.2) is 58.7 Å². The Labute approximate surface area is 148 Å². The number of amides is 1. The van der Waals surface area contributed by atoms with Gasteiger partial charge in [0, 0.05) is 21.1 Å². The SMILES string of the molecule is CN(C)S(=O)(=O)c1ccc(Cl)c(NC(=O)CSc2nnnn2C)c1. The molecule has 0 bridgehead atoms. The zero-order valence-corrected chi connectivity index (χ0v) is 15.5. The second-order valence-corrected chi connectivity index (χ2v) is 8.35. The summed E-state index contributed by atoms with van der Waals surface area (Å²) in [7, 11) is 0.891. The summed E-state index contributed by atoms with van der Waals surface area (Å²) < 4.78 is 26.8. The van der Waals surface area contributed by atoms with Gasteiger partial charge < -0.3 is 5.32 Å². The summed E-state index contributed by atoms with van der Waals surface area (Å²) in [6, 6.07) is 4.13. The lowest BCUT2D eigenvalue weighted by Gasteiger charge is -2.13. The summed E-state index contributed by atoms with van der Waals surface area (Å²) in [5.74, 6) is -0.306. The van der Waals surface area contributed by atoms with Crippen LogP contribution in [0.5, 0.6) is 0 Å². The standard InChI is InChI=1S/C12H15ClN6O3S2/c1-18(2)24(21,22)8-4-5-9(13)10(6-8)14-11(20)7-23-12-15-16-17-19(12)3/h4-6H,7H2,1-3H3,(H,14,20). The van der Waals surface area contributed by atoms with Crippen LogP contribution in [-0.2, 0) is 21.9 Å². The Balaban J connectivity index is 2.11. The van der Waals surface area contributed by atoms with Crippen molar-refractivity contribution in [2.45, 2.75) is 10.1 Å². The van der Waals surface area contributed by atoms with Crippen molar-refractivity contribution in [3.8, 4) is 0 Å². The third-order valence-electron chi connectivity index (χ3n) is 2.90. The number of hydrogen-bond acceptors (Lipinski definition) is 7. The van der Waals surface area contributed by atoms with Crippen LogP contribution in [0.2, 0.25) is 5.02 Å². The molecule has 0 aliphatic carbocycles. The Morgan fingerprint density at radius 1 is 1.42 bits per heavy atom. The minimum absolute atomic E-state index is 0.0392. The fourth-order valence-corrected chi connectivity index (χ4v) is 3.37. The van der Waals surface area contributed by atoms with Crippen LogP contribution in [0, 0.1) is 0 Å². The van der Waals surface area contributed by atoms with Gasteiger partial charge in [-0.15, -0.1) is 5.10 Å². The summed E-state index contributed by atoms with van der Waals surface area (Å²) in [5, 5.41) is 14.2. The number of aryl methyl sites for hydroxylation is 1. The van der Waals surface area contributed by atoms with Crippen molar-refractivity contribution >= 4 is 45.0 Å². The lowest BCUT2D eigenvalue weighted by atomic mass is 10.3. The Morgan fingerprint density at radius 2 is 2.12 bits per heavy atom. The molecule has 2 rings (SSSR count). The molecule has 0 saturated carbocycles. The molecule has 12 heteroatoms. The lowest BCUT2D eigenvalue weighted by Crippen LogP contribution is -2.22. The lowest BCUT2D eigenvalue weighted by molar-refractivity contribution is -0.113. The summed E-state index contributed by atoms with van der Waals surface area (Å²) >= 11 is 7.18. The first-order valence-electron chi connectivity index (χ1n) is 6.59. The highest BCUT2D eigenvalue weighted by molar-refractivity contribution is 7.99. The number of nitrogens with zero attached hydrogens (tertiary/aromatic N) is 5. The number of halogens is 1. The highest BCUT2D eigenvalue weighted by Gasteiger charge is 2.19. The number of carbonyl (C=O) groups is 1. The fourth-order valence-electron chi connectivity index (χ4n) is 1.63. The van der Waals surface area contributed by atoms with Crippen LogP contribution >= 0.6 is 23.4 Å². The van der Waals surface area contributed by atoms with Crippen LogP contribution in [0.25, 0.3) is 0 Å². The monoisotopic (exact) mass is 390 g/mol. The normalized spacial score (nSPS) is 11.7. The van der Waals surface area contributed by atoms with Crippen LogP contribution in [0.3, 0.4) is 0 Å². The van der Waals surface area contributed by atoms with E-state index in [-0.39, 0.29) is 27.3 Å². The van der Waals surface area contributed by atoms with E-state index in [1.54, 1.807) is 7.05 Å². The van der Waals surface area contributed by atoms with Crippen molar-refractivity contribution in [1.29, 1.82) is 0 Å². The number of nitrogens with one attached hydrogen (secondary N) is 1. The zero-order valence-electron chi connectivity index (χ0n) is 13.1. The van der Waals surface area contributed by atoms with Gasteiger partial charge in [0.1, 0.15) is 0 Å². The molecule has 0 radical (unpaired) electrons. The molecule has 9 nitrogen and oxygen atoms in total. The molecule has 0 unspecified atom stereocenters. The average molecular weight is 391 g/mol. The van der Waals surface area contributed by atoms with E-state index in [4.69, 9.17) is 11.6 Å². The maximum atomic E-state index is 12.1. The summed E-state index contributed by atoms with van der Waals surface area (Å²) in [4.78, 5) is 12.1. The van der Waals surface area contributed by atoms with Crippen LogP contribution in [0.1, 0.15) is 0 Å². The van der Waals surface area contributed by atoms with Crippen LogP contribution in [0.4, 0.5) is 5.69 Å². The second kappa shape index (κ2) is 7.47. The highest BCUT2D eigenvalue weighted by Crippen LogP contribution is 2.26. The maximum absolute atomic E-state index is 12.1. The molecular weight excluding hydrogens is 376 g/mol. The summed E-state index contributed by atoms with van der Waals surface area (Å²) in [5.41, 5.74) is 0.223. The van der Waals surface area contributed by atoms with E-state index in [0.717, 1.165) is 16.1 Å². The van der Waals surface area contributed by atoms with Gasteiger partial charge in [-0.1, -0.05) is 23.4 Å². The summed E-state index contributed by atoms with van der Waals surface area (Å²) in [6.45, 7) is 0. The summed E-state index contributed by atoms with van der Waals surface area (Å²) in [6.07, 6.45) is 0. The Hall–Kier alpha value is -1.69. The van der Waals surface area contributed by atoms with Gasteiger partial charge in [-0.2, -0.15) is 0 Å². The molecule has 1 amide bonds. The molecule has 24 heavy (non-hydrogen) atoms. The molecular formula is C12H15ClN6O3S2. The molecule has 0 aliphatic heterocycles. The molecule has 1 aromatic carbocycles. The molecule has 0 atom stereocenters. The van der Waals surface area contributed by atoms with E-state index in [1.807, 2.05) is 0 Å². The van der Waals surface area contributed by atoms with E-state index in [9.17, 15) is 13.2 Å². The molecule has 130 valence electrons. The van der Waals surface area contributed by atoms with Gasteiger partial charge in [0.25, 0.3) is 0 Å². The zero-order chi connectivity index (χ0) is 17.9. The molecule has 0 spiro atoms. The van der Waals surface area contributed by atoms with Gasteiger partial charge in [0.15, 0.2) is 0 Å². The minimum atomic E-state index is -3.62. The molecule has 0 saturated heterocycles. The van der Waals surface area contributed by atoms with Gasteiger partial charge in [-0.3, -0.25) is 4.79 Å². The van der Waals surface area contributed by atoms with Crippen molar-refractivity contribution in [1.82, 2.24) is 24.5 Å². The number of anilines is 1. The predicted octanol–water partition coefficient (Wildman–Crippen LogP) is 0.845. The van der Waals surface area contributed by atoms with Crippen molar-refractivity contribution in [2.75, 3.05) is 25.2 Å². The van der Waals surface area contributed by atoms with Gasteiger partial charge in [-0.05, 0) is 28.6 Å². The van der Waals surface area contributed by atoms with Crippen molar-refractivity contribution < 1.29 is 13.2 Å². The molecule has 1 heterocycles. The molecule has 2 aromatic rings. The third kappa shape index (κ3) is 4.23. The highest BCUT2D eigenvalue weighted by atomic mass is 35.5. The van der Waals surface area contributed by atoms with Gasteiger partial charge in [-0.25, -0.2) is 17.4 Å². The predicted molar refractivity (Wildman–Crippen MR) is 90.5 cm³/mol. The van der Waals surface area contributed by atoms with E-state index in [1.165, 1.54) is 37.0 Å². The van der Waals surface area contributed by atoms with E-state index >= 15 is 0 Å². The smallest absolute Gasteiger partial charge is 0.242 e. The largest absolute Gasteiger partial charge is 0.324 e. The minimum Gasteiger partial charge on any atom is -0.324 e. The number of aromatic nitrogens is 4. The van der Waals surface area contributed by atoms with Gasteiger partial charge in [0.2, 0.25) is 21.1 Å². The number of thioether (sulfide) groups is 1. The number of sulfonamides is 1. The van der Waals surface area contributed by atoms with Crippen LogP contribution < -0.4 is 5.32 Å². The quantitative estimate of drug-likeness (QED) is 0.728. The first-order valence-corrected chi connectivity index (χ1v) is 9.39. The average Bonchev–Trinajstić information content (AvgIpc) is 2.92. The van der Waals surface area contributed by atoms with E-state index in [0.29, 0.717) is 5.16 Å². The molecule has 0 fully saturated rings. The van der Waals surface area contributed by atoms with Crippen molar-refractivity contribution in [3.63, 3.8) is 0 Å². The first-order chi connectivity index (χ1) is 11.2. The Kier molecular flexibility index (Phi) is 5.80. The van der Waals surface area contributed by atoms with Crippen molar-refractivity contribution in [3.05, 3.63) is 23.2 Å². The number of tetrazole rings is 1. The Bertz CT molecular complexity index is 852. The fraction of sp³-hybridized carbons (Fsp3) is 0.333. The van der Waals surface area contributed by atoms with E-state index in [2.05, 4.69) is 20.8 Å². The topological polar surface area (TPSA) is 110 Å². The van der Waals surface area contributed by atoms with E-state index < -0.39 is 10.0 Å². The third-order valence-corrected chi connectivity index (χ3v) is 6.06. The number of benzene rings is 1. The molecule has 0 aliphatic rings. The second-order valence-electron chi connectivity index (χ2n) is 4.85. The molecule has 1 N–H and O–H groups in total. The number of hydrogen-bond donors (Lipinski definition) is 1. The first kappa shape index (κ1) is 18.6. The Morgan fingerprint density at radius 3 is 2.71 bits per heavy atom. The van der Waals surface area contributed by atoms with Crippen molar-refractivity contribution in [2.24, 2.45) is 7.05 Å². The number of rotatable bonds is 6. The van der Waals surface area contributed by atoms with Gasteiger partial charge in [0.05, 0.1) is 21.4 Å². The maximum Gasteiger partial charge on any atom is 0.242 e. The van der Waals surface area contributed by atoms with Gasteiger partial charge >= 0.3 is 0 Å². The van der Waals surface area contributed by atoms with Crippen LogP contribution in [0.15, 0.2) is 28.3 Å². The molecule has 1 aromatic heterocycles.